The monoisotopic (exact) mass is 342 g/mol. The van der Waals surface area contributed by atoms with E-state index in [0.29, 0.717) is 24.7 Å². The van der Waals surface area contributed by atoms with Gasteiger partial charge in [0.25, 0.3) is 0 Å². The van der Waals surface area contributed by atoms with Crippen molar-refractivity contribution in [2.75, 3.05) is 18.5 Å². The Bertz CT molecular complexity index is 721. The standard InChI is InChI=1S/C19H22N2O4/c1-2-24-17-10-6-9-16(19(17)21(22)23)20-15-11-12-25-18(13-15)14-7-4-3-5-8-14/h3-10,15,18,20H,2,11-13H2,1H3. The average molecular weight is 342 g/mol. The summed E-state index contributed by atoms with van der Waals surface area (Å²) in [7, 11) is 0. The largest absolute Gasteiger partial charge is 0.487 e. The van der Waals surface area contributed by atoms with Gasteiger partial charge in [0.15, 0.2) is 5.75 Å². The van der Waals surface area contributed by atoms with Gasteiger partial charge in [-0.1, -0.05) is 36.4 Å². The SMILES string of the molecule is CCOc1cccc(NC2CCOC(c3ccccc3)C2)c1[N+](=O)[O-]. The fraction of sp³-hybridized carbons (Fsp3) is 0.368. The zero-order valence-corrected chi connectivity index (χ0v) is 14.2. The molecular weight excluding hydrogens is 320 g/mol. The first-order valence-electron chi connectivity index (χ1n) is 8.52. The molecule has 2 aromatic rings. The highest BCUT2D eigenvalue weighted by Gasteiger charge is 2.27. The molecule has 25 heavy (non-hydrogen) atoms. The summed E-state index contributed by atoms with van der Waals surface area (Å²) in [6.45, 7) is 2.82. The molecule has 0 saturated carbocycles. The van der Waals surface area contributed by atoms with Crippen LogP contribution < -0.4 is 10.1 Å². The van der Waals surface area contributed by atoms with Gasteiger partial charge in [-0.3, -0.25) is 10.1 Å². The zero-order chi connectivity index (χ0) is 17.6. The van der Waals surface area contributed by atoms with Gasteiger partial charge in [0.1, 0.15) is 5.69 Å². The number of rotatable bonds is 6. The highest BCUT2D eigenvalue weighted by molar-refractivity contribution is 5.68. The highest BCUT2D eigenvalue weighted by Crippen LogP contribution is 2.37. The van der Waals surface area contributed by atoms with Crippen LogP contribution in [-0.4, -0.2) is 24.2 Å². The van der Waals surface area contributed by atoms with Crippen molar-refractivity contribution in [2.24, 2.45) is 0 Å². The molecule has 1 aliphatic rings. The number of nitro benzene ring substituents is 1. The van der Waals surface area contributed by atoms with Crippen molar-refractivity contribution in [1.29, 1.82) is 0 Å². The van der Waals surface area contributed by atoms with E-state index in [0.717, 1.165) is 18.4 Å². The zero-order valence-electron chi connectivity index (χ0n) is 14.2. The van der Waals surface area contributed by atoms with E-state index in [1.807, 2.05) is 37.3 Å². The quantitative estimate of drug-likeness (QED) is 0.625. The molecule has 1 N–H and O–H groups in total. The molecule has 3 rings (SSSR count). The molecule has 0 radical (unpaired) electrons. The van der Waals surface area contributed by atoms with Crippen molar-refractivity contribution < 1.29 is 14.4 Å². The van der Waals surface area contributed by atoms with Gasteiger partial charge in [-0.25, -0.2) is 0 Å². The first kappa shape index (κ1) is 17.2. The lowest BCUT2D eigenvalue weighted by Gasteiger charge is -2.31. The topological polar surface area (TPSA) is 73.6 Å². The maximum absolute atomic E-state index is 11.5. The molecule has 0 aromatic heterocycles. The van der Waals surface area contributed by atoms with E-state index in [-0.39, 0.29) is 22.8 Å². The Morgan fingerprint density at radius 3 is 2.76 bits per heavy atom. The molecule has 132 valence electrons. The first-order chi connectivity index (χ1) is 12.2. The minimum absolute atomic E-state index is 0.00146. The average Bonchev–Trinajstić information content (AvgIpc) is 2.63. The van der Waals surface area contributed by atoms with Gasteiger partial charge in [0.05, 0.1) is 17.6 Å². The van der Waals surface area contributed by atoms with Crippen molar-refractivity contribution in [3.63, 3.8) is 0 Å². The van der Waals surface area contributed by atoms with E-state index < -0.39 is 0 Å². The molecular formula is C19H22N2O4. The van der Waals surface area contributed by atoms with Crippen molar-refractivity contribution in [3.8, 4) is 5.75 Å². The predicted molar refractivity (Wildman–Crippen MR) is 96.0 cm³/mol. The van der Waals surface area contributed by atoms with Crippen LogP contribution in [0.3, 0.4) is 0 Å². The first-order valence-corrected chi connectivity index (χ1v) is 8.52. The Morgan fingerprint density at radius 2 is 2.04 bits per heavy atom. The second-order valence-corrected chi connectivity index (χ2v) is 5.98. The van der Waals surface area contributed by atoms with Crippen LogP contribution >= 0.6 is 0 Å². The van der Waals surface area contributed by atoms with Crippen LogP contribution in [0, 0.1) is 10.1 Å². The Morgan fingerprint density at radius 1 is 1.24 bits per heavy atom. The summed E-state index contributed by atoms with van der Waals surface area (Å²) < 4.78 is 11.3. The summed E-state index contributed by atoms with van der Waals surface area (Å²) in [4.78, 5) is 11.1. The summed E-state index contributed by atoms with van der Waals surface area (Å²) >= 11 is 0. The van der Waals surface area contributed by atoms with Crippen LogP contribution in [0.5, 0.6) is 5.75 Å². The molecule has 1 heterocycles. The Hall–Kier alpha value is -2.60. The molecule has 0 bridgehead atoms. The summed E-state index contributed by atoms with van der Waals surface area (Å²) in [5.74, 6) is 0.296. The number of hydrogen-bond acceptors (Lipinski definition) is 5. The maximum Gasteiger partial charge on any atom is 0.333 e. The lowest BCUT2D eigenvalue weighted by atomic mass is 9.97. The Labute approximate surface area is 146 Å². The summed E-state index contributed by atoms with van der Waals surface area (Å²) in [6.07, 6.45) is 1.57. The van der Waals surface area contributed by atoms with E-state index in [2.05, 4.69) is 5.32 Å². The van der Waals surface area contributed by atoms with Crippen molar-refractivity contribution in [1.82, 2.24) is 0 Å². The molecule has 2 unspecified atom stereocenters. The molecule has 1 saturated heterocycles. The molecule has 1 fully saturated rings. The molecule has 2 atom stereocenters. The Balaban J connectivity index is 1.78. The van der Waals surface area contributed by atoms with E-state index in [9.17, 15) is 10.1 Å². The number of ether oxygens (including phenoxy) is 2. The fourth-order valence-electron chi connectivity index (χ4n) is 3.15. The van der Waals surface area contributed by atoms with Crippen LogP contribution in [0.15, 0.2) is 48.5 Å². The van der Waals surface area contributed by atoms with E-state index in [4.69, 9.17) is 9.47 Å². The lowest BCUT2D eigenvalue weighted by molar-refractivity contribution is -0.385. The smallest absolute Gasteiger partial charge is 0.333 e. The van der Waals surface area contributed by atoms with Crippen LogP contribution in [0.1, 0.15) is 31.4 Å². The second-order valence-electron chi connectivity index (χ2n) is 5.98. The third-order valence-corrected chi connectivity index (χ3v) is 4.30. The molecule has 6 heteroatoms. The number of nitro groups is 1. The predicted octanol–water partition coefficient (Wildman–Crippen LogP) is 4.33. The molecule has 0 aliphatic carbocycles. The lowest BCUT2D eigenvalue weighted by Crippen LogP contribution is -2.30. The molecule has 1 aliphatic heterocycles. The number of anilines is 1. The number of nitrogens with one attached hydrogen (secondary N) is 1. The Kier molecular flexibility index (Phi) is 5.50. The summed E-state index contributed by atoms with van der Waals surface area (Å²) in [5, 5.41) is 14.8. The maximum atomic E-state index is 11.5. The highest BCUT2D eigenvalue weighted by atomic mass is 16.6. The molecule has 2 aromatic carbocycles. The normalized spacial score (nSPS) is 20.0. The summed E-state index contributed by atoms with van der Waals surface area (Å²) in [5.41, 5.74) is 1.62. The van der Waals surface area contributed by atoms with Gasteiger partial charge >= 0.3 is 5.69 Å². The van der Waals surface area contributed by atoms with Crippen molar-refractivity contribution in [2.45, 2.75) is 31.9 Å². The van der Waals surface area contributed by atoms with Gasteiger partial charge in [-0.05, 0) is 37.5 Å². The summed E-state index contributed by atoms with van der Waals surface area (Å²) in [6, 6.07) is 15.3. The van der Waals surface area contributed by atoms with Gasteiger partial charge in [-0.2, -0.15) is 0 Å². The van der Waals surface area contributed by atoms with Crippen LogP contribution in [0.4, 0.5) is 11.4 Å². The van der Waals surface area contributed by atoms with E-state index >= 15 is 0 Å². The van der Waals surface area contributed by atoms with Crippen LogP contribution in [-0.2, 0) is 4.74 Å². The number of para-hydroxylation sites is 1. The molecule has 0 amide bonds. The number of nitrogens with zero attached hydrogens (tertiary/aromatic N) is 1. The third kappa shape index (κ3) is 4.09. The van der Waals surface area contributed by atoms with E-state index in [1.165, 1.54) is 0 Å². The van der Waals surface area contributed by atoms with Crippen LogP contribution in [0.2, 0.25) is 0 Å². The van der Waals surface area contributed by atoms with Gasteiger partial charge in [-0.15, -0.1) is 0 Å². The van der Waals surface area contributed by atoms with Crippen molar-refractivity contribution >= 4 is 11.4 Å². The minimum atomic E-state index is -0.388. The minimum Gasteiger partial charge on any atom is -0.487 e. The van der Waals surface area contributed by atoms with Gasteiger partial charge < -0.3 is 14.8 Å². The van der Waals surface area contributed by atoms with E-state index in [1.54, 1.807) is 18.2 Å². The van der Waals surface area contributed by atoms with Gasteiger partial charge in [0, 0.05) is 12.6 Å². The van der Waals surface area contributed by atoms with Crippen molar-refractivity contribution in [3.05, 3.63) is 64.2 Å². The number of benzene rings is 2. The van der Waals surface area contributed by atoms with Crippen LogP contribution in [0.25, 0.3) is 0 Å². The number of hydrogen-bond donors (Lipinski definition) is 1. The fourth-order valence-corrected chi connectivity index (χ4v) is 3.15. The van der Waals surface area contributed by atoms with Gasteiger partial charge in [0.2, 0.25) is 0 Å². The molecule has 6 nitrogen and oxygen atoms in total. The second kappa shape index (κ2) is 7.98. The third-order valence-electron chi connectivity index (χ3n) is 4.30. The molecule has 0 spiro atoms.